The maximum Gasteiger partial charge on any atom is 0.409 e. The van der Waals surface area contributed by atoms with Crippen LogP contribution in [0.3, 0.4) is 0 Å². The zero-order valence-corrected chi connectivity index (χ0v) is 12.6. The van der Waals surface area contributed by atoms with Crippen LogP contribution in [0.15, 0.2) is 0 Å². The van der Waals surface area contributed by atoms with Gasteiger partial charge >= 0.3 is 6.09 Å². The highest BCUT2D eigenvalue weighted by atomic mass is 16.6. The standard InChI is InChI=1S/C15H26N2O3/c1-3-20-15(19)16-9-6-8-13(11-16)14(18)17-10-5-4-7-12(17)2/h12-13H,3-11H2,1-2H3. The first kappa shape index (κ1) is 15.1. The molecule has 2 amide bonds. The molecule has 2 fully saturated rings. The first-order chi connectivity index (χ1) is 9.63. The number of piperidine rings is 2. The zero-order chi connectivity index (χ0) is 14.5. The van der Waals surface area contributed by atoms with Gasteiger partial charge in [-0.1, -0.05) is 0 Å². The SMILES string of the molecule is CCOC(=O)N1CCCC(C(=O)N2CCCCC2C)C1. The van der Waals surface area contributed by atoms with Crippen LogP contribution in [0.2, 0.25) is 0 Å². The van der Waals surface area contributed by atoms with Gasteiger partial charge in [-0.15, -0.1) is 0 Å². The van der Waals surface area contributed by atoms with Crippen molar-refractivity contribution >= 4 is 12.0 Å². The summed E-state index contributed by atoms with van der Waals surface area (Å²) in [6.45, 7) is 6.41. The lowest BCUT2D eigenvalue weighted by molar-refractivity contribution is -0.140. The summed E-state index contributed by atoms with van der Waals surface area (Å²) in [5.41, 5.74) is 0. The molecule has 2 atom stereocenters. The highest BCUT2D eigenvalue weighted by Crippen LogP contribution is 2.24. The third kappa shape index (κ3) is 3.44. The Morgan fingerprint density at radius 1 is 1.15 bits per heavy atom. The minimum absolute atomic E-state index is 0.0475. The number of carbonyl (C=O) groups excluding carboxylic acids is 2. The van der Waals surface area contributed by atoms with E-state index in [1.165, 1.54) is 6.42 Å². The lowest BCUT2D eigenvalue weighted by Gasteiger charge is -2.38. The van der Waals surface area contributed by atoms with Crippen LogP contribution in [0, 0.1) is 5.92 Å². The van der Waals surface area contributed by atoms with Crippen LogP contribution < -0.4 is 0 Å². The molecule has 0 saturated carbocycles. The number of likely N-dealkylation sites (tertiary alicyclic amines) is 2. The third-order valence-corrected chi connectivity index (χ3v) is 4.38. The molecule has 2 heterocycles. The Hall–Kier alpha value is -1.26. The summed E-state index contributed by atoms with van der Waals surface area (Å²) in [5, 5.41) is 0. The van der Waals surface area contributed by atoms with Crippen molar-refractivity contribution in [2.24, 2.45) is 5.92 Å². The molecular formula is C15H26N2O3. The molecule has 2 saturated heterocycles. The third-order valence-electron chi connectivity index (χ3n) is 4.38. The lowest BCUT2D eigenvalue weighted by Crippen LogP contribution is -2.50. The van der Waals surface area contributed by atoms with E-state index in [1.54, 1.807) is 11.8 Å². The molecule has 2 rings (SSSR count). The first-order valence-corrected chi connectivity index (χ1v) is 7.85. The van der Waals surface area contributed by atoms with E-state index in [2.05, 4.69) is 6.92 Å². The Bertz CT molecular complexity index is 359. The Kier molecular flexibility index (Phi) is 5.26. The van der Waals surface area contributed by atoms with Gasteiger partial charge in [-0.25, -0.2) is 4.79 Å². The van der Waals surface area contributed by atoms with Crippen molar-refractivity contribution in [2.45, 2.75) is 52.0 Å². The summed E-state index contributed by atoms with van der Waals surface area (Å²) in [6.07, 6.45) is 4.90. The molecule has 5 nitrogen and oxygen atoms in total. The lowest BCUT2D eigenvalue weighted by atomic mass is 9.94. The number of nitrogens with zero attached hydrogens (tertiary/aromatic N) is 2. The molecule has 0 aromatic carbocycles. The zero-order valence-electron chi connectivity index (χ0n) is 12.6. The fourth-order valence-corrected chi connectivity index (χ4v) is 3.22. The average Bonchev–Trinajstić information content (AvgIpc) is 2.47. The summed E-state index contributed by atoms with van der Waals surface area (Å²) >= 11 is 0. The van der Waals surface area contributed by atoms with Gasteiger partial charge in [0.1, 0.15) is 0 Å². The van der Waals surface area contributed by atoms with Gasteiger partial charge in [0.05, 0.1) is 12.5 Å². The van der Waals surface area contributed by atoms with Crippen molar-refractivity contribution in [1.29, 1.82) is 0 Å². The highest BCUT2D eigenvalue weighted by Gasteiger charge is 2.34. The average molecular weight is 282 g/mol. The van der Waals surface area contributed by atoms with E-state index in [-0.39, 0.29) is 17.9 Å². The summed E-state index contributed by atoms with van der Waals surface area (Å²) < 4.78 is 5.04. The number of hydrogen-bond donors (Lipinski definition) is 0. The number of carbonyl (C=O) groups is 2. The molecule has 0 N–H and O–H groups in total. The van der Waals surface area contributed by atoms with Gasteiger partial charge in [-0.05, 0) is 46.0 Å². The number of rotatable bonds is 2. The molecule has 0 radical (unpaired) electrons. The molecule has 0 bridgehead atoms. The molecule has 20 heavy (non-hydrogen) atoms. The van der Waals surface area contributed by atoms with E-state index in [0.29, 0.717) is 25.7 Å². The fraction of sp³-hybridized carbons (Fsp3) is 0.867. The van der Waals surface area contributed by atoms with Crippen LogP contribution in [0.1, 0.15) is 46.0 Å². The predicted octanol–water partition coefficient (Wildman–Crippen LogP) is 2.26. The molecule has 114 valence electrons. The van der Waals surface area contributed by atoms with E-state index in [4.69, 9.17) is 4.74 Å². The van der Waals surface area contributed by atoms with E-state index < -0.39 is 0 Å². The van der Waals surface area contributed by atoms with E-state index >= 15 is 0 Å². The van der Waals surface area contributed by atoms with Crippen LogP contribution in [-0.4, -0.2) is 54.1 Å². The molecule has 0 spiro atoms. The summed E-state index contributed by atoms with van der Waals surface area (Å²) in [7, 11) is 0. The fourth-order valence-electron chi connectivity index (χ4n) is 3.22. The Morgan fingerprint density at radius 2 is 1.95 bits per heavy atom. The molecule has 5 heteroatoms. The molecule has 2 aliphatic rings. The van der Waals surface area contributed by atoms with Gasteiger partial charge in [0.2, 0.25) is 5.91 Å². The van der Waals surface area contributed by atoms with Gasteiger partial charge in [0, 0.05) is 25.7 Å². The van der Waals surface area contributed by atoms with Gasteiger partial charge in [0.25, 0.3) is 0 Å². The molecule has 2 unspecified atom stereocenters. The van der Waals surface area contributed by atoms with Crippen molar-refractivity contribution in [2.75, 3.05) is 26.2 Å². The minimum atomic E-state index is -0.281. The van der Waals surface area contributed by atoms with Gasteiger partial charge in [-0.2, -0.15) is 0 Å². The van der Waals surface area contributed by atoms with Crippen molar-refractivity contribution in [3.63, 3.8) is 0 Å². The summed E-state index contributed by atoms with van der Waals surface area (Å²) in [6, 6.07) is 0.342. The van der Waals surface area contributed by atoms with Crippen LogP contribution in [0.4, 0.5) is 4.79 Å². The van der Waals surface area contributed by atoms with Gasteiger partial charge in [0.15, 0.2) is 0 Å². The van der Waals surface area contributed by atoms with Crippen molar-refractivity contribution in [1.82, 2.24) is 9.80 Å². The largest absolute Gasteiger partial charge is 0.450 e. The number of amides is 2. The maximum atomic E-state index is 12.6. The van der Waals surface area contributed by atoms with Gasteiger partial charge in [-0.3, -0.25) is 4.79 Å². The number of ether oxygens (including phenoxy) is 1. The predicted molar refractivity (Wildman–Crippen MR) is 76.3 cm³/mol. The second-order valence-electron chi connectivity index (χ2n) is 5.86. The van der Waals surface area contributed by atoms with Crippen molar-refractivity contribution in [3.8, 4) is 0 Å². The minimum Gasteiger partial charge on any atom is -0.450 e. The molecule has 2 aliphatic heterocycles. The van der Waals surface area contributed by atoms with Crippen LogP contribution in [0.5, 0.6) is 0 Å². The van der Waals surface area contributed by atoms with Crippen molar-refractivity contribution in [3.05, 3.63) is 0 Å². The van der Waals surface area contributed by atoms with E-state index in [0.717, 1.165) is 32.2 Å². The van der Waals surface area contributed by atoms with Crippen LogP contribution in [0.25, 0.3) is 0 Å². The second kappa shape index (κ2) is 6.95. The van der Waals surface area contributed by atoms with Crippen LogP contribution >= 0.6 is 0 Å². The molecular weight excluding hydrogens is 256 g/mol. The molecule has 0 aromatic rings. The maximum absolute atomic E-state index is 12.6. The topological polar surface area (TPSA) is 49.9 Å². The highest BCUT2D eigenvalue weighted by molar-refractivity contribution is 5.80. The quantitative estimate of drug-likeness (QED) is 0.780. The van der Waals surface area contributed by atoms with Gasteiger partial charge < -0.3 is 14.5 Å². The Balaban J connectivity index is 1.94. The molecule has 0 aromatic heterocycles. The van der Waals surface area contributed by atoms with Crippen molar-refractivity contribution < 1.29 is 14.3 Å². The number of hydrogen-bond acceptors (Lipinski definition) is 3. The second-order valence-corrected chi connectivity index (χ2v) is 5.86. The monoisotopic (exact) mass is 282 g/mol. The Morgan fingerprint density at radius 3 is 2.65 bits per heavy atom. The van der Waals surface area contributed by atoms with E-state index in [9.17, 15) is 9.59 Å². The molecule has 0 aliphatic carbocycles. The Labute approximate surface area is 121 Å². The summed E-state index contributed by atoms with van der Waals surface area (Å²) in [5.74, 6) is 0.180. The van der Waals surface area contributed by atoms with Crippen LogP contribution in [-0.2, 0) is 9.53 Å². The summed E-state index contributed by atoms with van der Waals surface area (Å²) in [4.78, 5) is 28.1. The van der Waals surface area contributed by atoms with E-state index in [1.807, 2.05) is 4.90 Å². The first-order valence-electron chi connectivity index (χ1n) is 7.85. The normalized spacial score (nSPS) is 27.3. The smallest absolute Gasteiger partial charge is 0.409 e.